The lowest BCUT2D eigenvalue weighted by Crippen LogP contribution is -2.38. The van der Waals surface area contributed by atoms with Crippen molar-refractivity contribution < 1.29 is 14.7 Å². The van der Waals surface area contributed by atoms with Crippen LogP contribution in [-0.2, 0) is 17.8 Å². The highest BCUT2D eigenvalue weighted by atomic mass is 32.2. The molecule has 1 aromatic carbocycles. The summed E-state index contributed by atoms with van der Waals surface area (Å²) in [6.45, 7) is 1.02. The summed E-state index contributed by atoms with van der Waals surface area (Å²) in [5.74, 6) is 0.0142. The summed E-state index contributed by atoms with van der Waals surface area (Å²) in [4.78, 5) is 24.3. The van der Waals surface area contributed by atoms with Gasteiger partial charge < -0.3 is 15.3 Å². The molecule has 0 fully saturated rings. The van der Waals surface area contributed by atoms with Crippen molar-refractivity contribution in [3.8, 4) is 0 Å². The molecule has 0 bridgehead atoms. The molecule has 20 heavy (non-hydrogen) atoms. The van der Waals surface area contributed by atoms with Crippen LogP contribution in [-0.4, -0.2) is 47.6 Å². The Morgan fingerprint density at radius 1 is 1.30 bits per heavy atom. The average molecular weight is 296 g/mol. The molecule has 0 saturated heterocycles. The molecule has 5 nitrogen and oxygen atoms in total. The van der Waals surface area contributed by atoms with Crippen LogP contribution >= 0.6 is 11.8 Å². The summed E-state index contributed by atoms with van der Waals surface area (Å²) in [5, 5.41) is 11.7. The van der Waals surface area contributed by atoms with Gasteiger partial charge in [0.2, 0.25) is 0 Å². The zero-order chi connectivity index (χ0) is 15.0. The number of benzene rings is 1. The number of hydrogen-bond donors (Lipinski definition) is 2. The maximum Gasteiger partial charge on any atom is 0.317 e. The molecule has 2 amide bonds. The number of nitrogens with zero attached hydrogens (tertiary/aromatic N) is 1. The molecular weight excluding hydrogens is 276 g/mol. The largest absolute Gasteiger partial charge is 0.481 e. The van der Waals surface area contributed by atoms with Gasteiger partial charge in [-0.3, -0.25) is 4.79 Å². The Kier molecular flexibility index (Phi) is 6.93. The van der Waals surface area contributed by atoms with Gasteiger partial charge in [0.1, 0.15) is 0 Å². The van der Waals surface area contributed by atoms with Crippen LogP contribution in [0.25, 0.3) is 0 Å². The second-order valence-electron chi connectivity index (χ2n) is 4.41. The Morgan fingerprint density at radius 3 is 2.55 bits per heavy atom. The molecule has 0 spiro atoms. The summed E-state index contributed by atoms with van der Waals surface area (Å²) >= 11 is 1.68. The van der Waals surface area contributed by atoms with Crippen LogP contribution in [0.5, 0.6) is 0 Å². The Bertz CT molecular complexity index is 465. The van der Waals surface area contributed by atoms with Crippen molar-refractivity contribution in [2.45, 2.75) is 13.0 Å². The molecule has 1 aromatic rings. The van der Waals surface area contributed by atoms with Crippen molar-refractivity contribution in [2.24, 2.45) is 0 Å². The zero-order valence-electron chi connectivity index (χ0n) is 11.8. The van der Waals surface area contributed by atoms with E-state index < -0.39 is 5.97 Å². The van der Waals surface area contributed by atoms with E-state index in [1.165, 1.54) is 0 Å². The molecule has 110 valence electrons. The van der Waals surface area contributed by atoms with Crippen molar-refractivity contribution in [1.29, 1.82) is 0 Å². The number of nitrogens with one attached hydrogen (secondary N) is 1. The zero-order valence-corrected chi connectivity index (χ0v) is 12.6. The molecule has 0 aliphatic heterocycles. The molecule has 1 rings (SSSR count). The van der Waals surface area contributed by atoms with Gasteiger partial charge in [0.05, 0.1) is 6.42 Å². The number of amides is 2. The first-order valence-electron chi connectivity index (χ1n) is 6.31. The van der Waals surface area contributed by atoms with Gasteiger partial charge in [-0.05, 0) is 17.4 Å². The van der Waals surface area contributed by atoms with Crippen molar-refractivity contribution >= 4 is 23.8 Å². The van der Waals surface area contributed by atoms with E-state index in [9.17, 15) is 9.59 Å². The number of carbonyl (C=O) groups excluding carboxylic acids is 1. The van der Waals surface area contributed by atoms with Crippen LogP contribution in [0.3, 0.4) is 0 Å². The third kappa shape index (κ3) is 5.52. The highest BCUT2D eigenvalue weighted by Crippen LogP contribution is 2.09. The molecule has 0 saturated carbocycles. The second kappa shape index (κ2) is 8.47. The number of thioether (sulfide) groups is 1. The van der Waals surface area contributed by atoms with E-state index in [0.717, 1.165) is 16.9 Å². The van der Waals surface area contributed by atoms with Crippen molar-refractivity contribution in [1.82, 2.24) is 10.2 Å². The Balaban J connectivity index is 2.56. The van der Waals surface area contributed by atoms with E-state index in [1.807, 2.05) is 18.4 Å². The lowest BCUT2D eigenvalue weighted by Gasteiger charge is -2.18. The van der Waals surface area contributed by atoms with E-state index in [-0.39, 0.29) is 12.5 Å². The summed E-state index contributed by atoms with van der Waals surface area (Å²) in [6, 6.07) is 7.09. The minimum Gasteiger partial charge on any atom is -0.481 e. The monoisotopic (exact) mass is 296 g/mol. The fourth-order valence-corrected chi connectivity index (χ4v) is 2.16. The molecule has 0 aromatic heterocycles. The molecule has 0 unspecified atom stereocenters. The standard InChI is InChI=1S/C14H20N2O3S/c1-16(7-8-20-2)14(19)15-10-12-6-4-3-5-11(12)9-13(17)18/h3-6H,7-10H2,1-2H3,(H,15,19)(H,17,18). The molecule has 6 heteroatoms. The number of carboxylic acids is 1. The van der Waals surface area contributed by atoms with Crippen molar-refractivity contribution in [3.05, 3.63) is 35.4 Å². The fraction of sp³-hybridized carbons (Fsp3) is 0.429. The van der Waals surface area contributed by atoms with Gasteiger partial charge in [-0.25, -0.2) is 4.79 Å². The maximum absolute atomic E-state index is 11.8. The number of rotatable bonds is 7. The Labute approximate surface area is 123 Å². The lowest BCUT2D eigenvalue weighted by molar-refractivity contribution is -0.136. The van der Waals surface area contributed by atoms with E-state index in [0.29, 0.717) is 13.1 Å². The Hall–Kier alpha value is -1.69. The van der Waals surface area contributed by atoms with E-state index in [4.69, 9.17) is 5.11 Å². The van der Waals surface area contributed by atoms with E-state index in [1.54, 1.807) is 35.8 Å². The first kappa shape index (κ1) is 16.4. The first-order chi connectivity index (χ1) is 9.54. The average Bonchev–Trinajstić information content (AvgIpc) is 2.42. The van der Waals surface area contributed by atoms with Gasteiger partial charge in [-0.15, -0.1) is 0 Å². The molecule has 0 aliphatic carbocycles. The maximum atomic E-state index is 11.8. The second-order valence-corrected chi connectivity index (χ2v) is 5.40. The topological polar surface area (TPSA) is 69.6 Å². The minimum atomic E-state index is -0.874. The quantitative estimate of drug-likeness (QED) is 0.805. The molecule has 0 heterocycles. The lowest BCUT2D eigenvalue weighted by atomic mass is 10.0. The van der Waals surface area contributed by atoms with Crippen molar-refractivity contribution in [3.63, 3.8) is 0 Å². The highest BCUT2D eigenvalue weighted by molar-refractivity contribution is 7.98. The highest BCUT2D eigenvalue weighted by Gasteiger charge is 2.10. The Morgan fingerprint density at radius 2 is 1.95 bits per heavy atom. The van der Waals surface area contributed by atoms with Crippen LogP contribution in [0.1, 0.15) is 11.1 Å². The fourth-order valence-electron chi connectivity index (χ4n) is 1.70. The third-order valence-corrected chi connectivity index (χ3v) is 3.46. The van der Waals surface area contributed by atoms with Crippen LogP contribution in [0.2, 0.25) is 0 Å². The SMILES string of the molecule is CSCCN(C)C(=O)NCc1ccccc1CC(=O)O. The number of carbonyl (C=O) groups is 2. The molecule has 2 N–H and O–H groups in total. The van der Waals surface area contributed by atoms with E-state index in [2.05, 4.69) is 5.32 Å². The third-order valence-electron chi connectivity index (χ3n) is 2.87. The van der Waals surface area contributed by atoms with Gasteiger partial charge in [0.15, 0.2) is 0 Å². The number of hydrogen-bond acceptors (Lipinski definition) is 3. The van der Waals surface area contributed by atoms with E-state index >= 15 is 0 Å². The van der Waals surface area contributed by atoms with Crippen LogP contribution in [0.4, 0.5) is 4.79 Å². The van der Waals surface area contributed by atoms with Gasteiger partial charge in [-0.2, -0.15) is 11.8 Å². The molecule has 0 atom stereocenters. The van der Waals surface area contributed by atoms with Gasteiger partial charge >= 0.3 is 12.0 Å². The summed E-state index contributed by atoms with van der Waals surface area (Å²) in [5.41, 5.74) is 1.56. The van der Waals surface area contributed by atoms with Crippen LogP contribution < -0.4 is 5.32 Å². The molecular formula is C14H20N2O3S. The van der Waals surface area contributed by atoms with Gasteiger partial charge in [0.25, 0.3) is 0 Å². The molecule has 0 aliphatic rings. The minimum absolute atomic E-state index is 0.0334. The summed E-state index contributed by atoms with van der Waals surface area (Å²) < 4.78 is 0. The molecule has 0 radical (unpaired) electrons. The predicted molar refractivity (Wildman–Crippen MR) is 81.0 cm³/mol. The van der Waals surface area contributed by atoms with Crippen LogP contribution in [0, 0.1) is 0 Å². The number of urea groups is 1. The predicted octanol–water partition coefficient (Wildman–Crippen LogP) is 1.82. The summed E-state index contributed by atoms with van der Waals surface area (Å²) in [7, 11) is 1.74. The smallest absolute Gasteiger partial charge is 0.317 e. The number of aliphatic carboxylic acids is 1. The summed E-state index contributed by atoms with van der Waals surface area (Å²) in [6.07, 6.45) is 1.96. The van der Waals surface area contributed by atoms with Crippen molar-refractivity contribution in [2.75, 3.05) is 25.6 Å². The normalized spacial score (nSPS) is 10.1. The van der Waals surface area contributed by atoms with Crippen LogP contribution in [0.15, 0.2) is 24.3 Å². The first-order valence-corrected chi connectivity index (χ1v) is 7.70. The van der Waals surface area contributed by atoms with Gasteiger partial charge in [-0.1, -0.05) is 24.3 Å². The number of carboxylic acid groups (broad SMARTS) is 1. The van der Waals surface area contributed by atoms with Gasteiger partial charge in [0, 0.05) is 25.9 Å².